The number of benzene rings is 1. The smallest absolute Gasteiger partial charge is 0.337 e. The second-order valence-electron chi connectivity index (χ2n) is 5.83. The molecule has 22 heavy (non-hydrogen) atoms. The zero-order valence-electron chi connectivity index (χ0n) is 12.8. The van der Waals surface area contributed by atoms with Gasteiger partial charge in [0.15, 0.2) is 5.78 Å². The number of ether oxygens (including phenoxy) is 2. The fourth-order valence-corrected chi connectivity index (χ4v) is 3.15. The maximum atomic E-state index is 12.6. The molecule has 0 amide bonds. The normalized spacial score (nSPS) is 20.8. The Bertz CT molecular complexity index is 624. The minimum Gasteiger partial charge on any atom is -0.465 e. The first kappa shape index (κ1) is 15.0. The Hall–Kier alpha value is -1.94. The molecule has 1 aromatic carbocycles. The van der Waals surface area contributed by atoms with Crippen LogP contribution in [0.25, 0.3) is 0 Å². The lowest BCUT2D eigenvalue weighted by atomic mass is 9.83. The first-order valence-corrected chi connectivity index (χ1v) is 7.73. The van der Waals surface area contributed by atoms with E-state index in [1.54, 1.807) is 18.2 Å². The number of Topliss-reactive ketones (excluding diaryl/α,β-unsaturated/α-hetero) is 1. The van der Waals surface area contributed by atoms with E-state index in [0.717, 1.165) is 55.6 Å². The Balaban J connectivity index is 1.83. The molecule has 1 saturated heterocycles. The number of allylic oxidation sites excluding steroid dienone is 2. The summed E-state index contributed by atoms with van der Waals surface area (Å²) in [7, 11) is 1.36. The molecule has 0 spiro atoms. The molecule has 0 saturated carbocycles. The molecule has 1 fully saturated rings. The lowest BCUT2D eigenvalue weighted by Crippen LogP contribution is -2.19. The maximum Gasteiger partial charge on any atom is 0.337 e. The van der Waals surface area contributed by atoms with Crippen LogP contribution in [0.5, 0.6) is 0 Å². The summed E-state index contributed by atoms with van der Waals surface area (Å²) in [5, 5.41) is 0. The number of fused-ring (bicyclic) bond motifs is 1. The van der Waals surface area contributed by atoms with Gasteiger partial charge < -0.3 is 9.47 Å². The van der Waals surface area contributed by atoms with E-state index in [1.807, 2.05) is 0 Å². The van der Waals surface area contributed by atoms with Crippen molar-refractivity contribution in [1.29, 1.82) is 0 Å². The number of carbonyl (C=O) groups excluding carboxylic acids is 2. The van der Waals surface area contributed by atoms with Gasteiger partial charge in [0.25, 0.3) is 0 Å². The van der Waals surface area contributed by atoms with Crippen LogP contribution in [0, 0.1) is 5.92 Å². The van der Waals surface area contributed by atoms with Crippen molar-refractivity contribution in [2.45, 2.75) is 25.7 Å². The first-order valence-electron chi connectivity index (χ1n) is 7.73. The van der Waals surface area contributed by atoms with Gasteiger partial charge in [0.1, 0.15) is 0 Å². The van der Waals surface area contributed by atoms with Crippen molar-refractivity contribution in [2.24, 2.45) is 5.92 Å². The lowest BCUT2D eigenvalue weighted by molar-refractivity contribution is 0.0600. The number of methoxy groups -OCH3 is 1. The van der Waals surface area contributed by atoms with Crippen molar-refractivity contribution < 1.29 is 19.1 Å². The van der Waals surface area contributed by atoms with E-state index in [9.17, 15) is 9.59 Å². The number of hydrogen-bond acceptors (Lipinski definition) is 4. The van der Waals surface area contributed by atoms with Gasteiger partial charge >= 0.3 is 5.97 Å². The number of carbonyl (C=O) groups is 2. The number of hydrogen-bond donors (Lipinski definition) is 0. The summed E-state index contributed by atoms with van der Waals surface area (Å²) in [6.07, 6.45) is 5.66. The largest absolute Gasteiger partial charge is 0.465 e. The summed E-state index contributed by atoms with van der Waals surface area (Å²) in [5.41, 5.74) is 3.07. The Morgan fingerprint density at radius 3 is 2.77 bits per heavy atom. The third-order valence-corrected chi connectivity index (χ3v) is 4.43. The molecule has 3 rings (SSSR count). The molecule has 116 valence electrons. The quantitative estimate of drug-likeness (QED) is 0.622. The Morgan fingerprint density at radius 2 is 2.05 bits per heavy atom. The van der Waals surface area contributed by atoms with Crippen LogP contribution in [0.4, 0.5) is 0 Å². The highest BCUT2D eigenvalue weighted by molar-refractivity contribution is 6.11. The van der Waals surface area contributed by atoms with E-state index in [1.165, 1.54) is 7.11 Å². The van der Waals surface area contributed by atoms with Crippen molar-refractivity contribution in [3.8, 4) is 0 Å². The molecule has 0 radical (unpaired) electrons. The highest BCUT2D eigenvalue weighted by atomic mass is 16.5. The van der Waals surface area contributed by atoms with Gasteiger partial charge in [0.05, 0.1) is 12.7 Å². The van der Waals surface area contributed by atoms with E-state index >= 15 is 0 Å². The van der Waals surface area contributed by atoms with Crippen LogP contribution in [0.1, 0.15) is 45.5 Å². The molecule has 2 aliphatic rings. The van der Waals surface area contributed by atoms with Crippen molar-refractivity contribution in [1.82, 2.24) is 0 Å². The first-order chi connectivity index (χ1) is 10.7. The molecular formula is C18H20O4. The molecule has 1 aromatic rings. The number of rotatable bonds is 2. The second-order valence-corrected chi connectivity index (χ2v) is 5.83. The van der Waals surface area contributed by atoms with Crippen molar-refractivity contribution in [3.05, 3.63) is 46.5 Å². The van der Waals surface area contributed by atoms with E-state index in [4.69, 9.17) is 9.47 Å². The lowest BCUT2D eigenvalue weighted by Gasteiger charge is -2.23. The predicted molar refractivity (Wildman–Crippen MR) is 82.1 cm³/mol. The molecule has 0 aromatic heterocycles. The average molecular weight is 300 g/mol. The van der Waals surface area contributed by atoms with Gasteiger partial charge in [-0.1, -0.05) is 6.08 Å². The summed E-state index contributed by atoms with van der Waals surface area (Å²) >= 11 is 0. The van der Waals surface area contributed by atoms with Gasteiger partial charge in [0, 0.05) is 18.8 Å². The van der Waals surface area contributed by atoms with Crippen LogP contribution in [0.3, 0.4) is 0 Å². The maximum absolute atomic E-state index is 12.6. The molecule has 4 heteroatoms. The molecule has 0 unspecified atom stereocenters. The fourth-order valence-electron chi connectivity index (χ4n) is 3.15. The zero-order chi connectivity index (χ0) is 15.5. The van der Waals surface area contributed by atoms with Gasteiger partial charge in [-0.2, -0.15) is 0 Å². The summed E-state index contributed by atoms with van der Waals surface area (Å²) in [4.78, 5) is 24.2. The van der Waals surface area contributed by atoms with Crippen molar-refractivity contribution in [3.63, 3.8) is 0 Å². The summed E-state index contributed by atoms with van der Waals surface area (Å²) in [6, 6.07) is 5.20. The third-order valence-electron chi connectivity index (χ3n) is 4.43. The van der Waals surface area contributed by atoms with Crippen molar-refractivity contribution in [2.75, 3.05) is 20.3 Å². The van der Waals surface area contributed by atoms with Crippen LogP contribution in [0.15, 0.2) is 29.8 Å². The SMILES string of the molecule is COC(=O)c1ccc2c(c1)CC/C(=C/C1CCOCC1)C2=O. The van der Waals surface area contributed by atoms with Gasteiger partial charge in [-0.25, -0.2) is 4.79 Å². The summed E-state index contributed by atoms with van der Waals surface area (Å²) in [6.45, 7) is 1.56. The Morgan fingerprint density at radius 1 is 1.27 bits per heavy atom. The summed E-state index contributed by atoms with van der Waals surface area (Å²) in [5.74, 6) is 0.187. The average Bonchev–Trinajstić information content (AvgIpc) is 2.57. The predicted octanol–water partition coefficient (Wildman–Crippen LogP) is 2.96. The molecule has 4 nitrogen and oxygen atoms in total. The van der Waals surface area contributed by atoms with Crippen LogP contribution < -0.4 is 0 Å². The molecule has 0 N–H and O–H groups in total. The monoisotopic (exact) mass is 300 g/mol. The van der Waals surface area contributed by atoms with Crippen LogP contribution in [0.2, 0.25) is 0 Å². The summed E-state index contributed by atoms with van der Waals surface area (Å²) < 4.78 is 10.1. The van der Waals surface area contributed by atoms with Gasteiger partial charge in [-0.05, 0) is 60.9 Å². The highest BCUT2D eigenvalue weighted by Gasteiger charge is 2.24. The van der Waals surface area contributed by atoms with E-state index in [2.05, 4.69) is 6.08 Å². The highest BCUT2D eigenvalue weighted by Crippen LogP contribution is 2.29. The molecular weight excluding hydrogens is 280 g/mol. The van der Waals surface area contributed by atoms with E-state index < -0.39 is 0 Å². The second kappa shape index (κ2) is 6.44. The topological polar surface area (TPSA) is 52.6 Å². The van der Waals surface area contributed by atoms with Crippen LogP contribution in [-0.2, 0) is 15.9 Å². The minimum atomic E-state index is -0.362. The van der Waals surface area contributed by atoms with Crippen molar-refractivity contribution >= 4 is 11.8 Å². The molecule has 1 heterocycles. The number of aryl methyl sites for hydroxylation is 1. The van der Waals surface area contributed by atoms with Gasteiger partial charge in [-0.3, -0.25) is 4.79 Å². The minimum absolute atomic E-state index is 0.101. The fraction of sp³-hybridized carbons (Fsp3) is 0.444. The standard InChI is InChI=1S/C18H20O4/c1-21-18(20)15-4-5-16-13(11-15)2-3-14(17(16)19)10-12-6-8-22-9-7-12/h4-5,10-12H,2-3,6-9H2,1H3/b14-10-. The molecule has 0 bridgehead atoms. The number of ketones is 1. The molecule has 1 aliphatic carbocycles. The molecule has 1 aliphatic heterocycles. The molecule has 0 atom stereocenters. The van der Waals surface area contributed by atoms with E-state index in [-0.39, 0.29) is 11.8 Å². The third kappa shape index (κ3) is 2.97. The van der Waals surface area contributed by atoms with Crippen LogP contribution >= 0.6 is 0 Å². The Kier molecular flexibility index (Phi) is 4.39. The van der Waals surface area contributed by atoms with Crippen LogP contribution in [-0.4, -0.2) is 32.1 Å². The van der Waals surface area contributed by atoms with Gasteiger partial charge in [0.2, 0.25) is 0 Å². The number of esters is 1. The Labute approximate surface area is 130 Å². The zero-order valence-corrected chi connectivity index (χ0v) is 12.8. The van der Waals surface area contributed by atoms with E-state index in [0.29, 0.717) is 11.5 Å². The van der Waals surface area contributed by atoms with Gasteiger partial charge in [-0.15, -0.1) is 0 Å².